The minimum atomic E-state index is -0.881. The first-order valence-electron chi connectivity index (χ1n) is 9.86. The number of hydrogen-bond acceptors (Lipinski definition) is 3. The largest absolute Gasteiger partial charge is 0.481 e. The molecule has 0 aliphatic heterocycles. The Hall–Kier alpha value is -2.83. The Labute approximate surface area is 179 Å². The van der Waals surface area contributed by atoms with E-state index < -0.39 is 11.9 Å². The van der Waals surface area contributed by atoms with E-state index in [0.29, 0.717) is 30.2 Å². The summed E-state index contributed by atoms with van der Waals surface area (Å²) in [6.07, 6.45) is 0.970. The van der Waals surface area contributed by atoms with Gasteiger partial charge < -0.3 is 20.1 Å². The summed E-state index contributed by atoms with van der Waals surface area (Å²) >= 11 is 6.04. The molecule has 0 saturated carbocycles. The number of aliphatic carboxylic acids is 1. The van der Waals surface area contributed by atoms with E-state index in [2.05, 4.69) is 10.3 Å². The van der Waals surface area contributed by atoms with Gasteiger partial charge in [0, 0.05) is 41.6 Å². The van der Waals surface area contributed by atoms with Gasteiger partial charge in [-0.3, -0.25) is 9.59 Å². The van der Waals surface area contributed by atoms with Crippen LogP contribution in [0.5, 0.6) is 0 Å². The van der Waals surface area contributed by atoms with Crippen LogP contribution in [0.1, 0.15) is 34.0 Å². The molecule has 0 unspecified atom stereocenters. The lowest BCUT2D eigenvalue weighted by Gasteiger charge is -2.27. The second kappa shape index (κ2) is 8.50. The van der Waals surface area contributed by atoms with Crippen LogP contribution in [0.4, 0.5) is 0 Å². The number of nitrogens with one attached hydrogen (secondary N) is 2. The molecule has 1 amide bonds. The fourth-order valence-electron chi connectivity index (χ4n) is 4.44. The van der Waals surface area contributed by atoms with Crippen molar-refractivity contribution < 1.29 is 19.4 Å². The summed E-state index contributed by atoms with van der Waals surface area (Å²) in [4.78, 5) is 28.2. The van der Waals surface area contributed by atoms with Crippen molar-refractivity contribution in [1.82, 2.24) is 10.3 Å². The predicted molar refractivity (Wildman–Crippen MR) is 115 cm³/mol. The average molecular weight is 427 g/mol. The van der Waals surface area contributed by atoms with Crippen LogP contribution < -0.4 is 5.32 Å². The summed E-state index contributed by atoms with van der Waals surface area (Å²) < 4.78 is 5.13. The summed E-state index contributed by atoms with van der Waals surface area (Å²) in [5.41, 5.74) is 3.29. The normalized spacial score (nSPS) is 18.9. The van der Waals surface area contributed by atoms with Crippen LogP contribution in [-0.4, -0.2) is 41.7 Å². The molecule has 30 heavy (non-hydrogen) atoms. The van der Waals surface area contributed by atoms with Crippen LogP contribution >= 0.6 is 11.6 Å². The fraction of sp³-hybridized carbons (Fsp3) is 0.304. The number of H-pyrrole nitrogens is 1. The third-order valence-electron chi connectivity index (χ3n) is 5.82. The summed E-state index contributed by atoms with van der Waals surface area (Å²) in [5, 5.41) is 14.4. The van der Waals surface area contributed by atoms with Crippen LogP contribution in [0.2, 0.25) is 5.02 Å². The van der Waals surface area contributed by atoms with Crippen molar-refractivity contribution >= 4 is 34.4 Å². The third-order valence-corrected chi connectivity index (χ3v) is 6.05. The first kappa shape index (κ1) is 20.4. The number of carbonyl (C=O) groups excluding carboxylic acids is 1. The molecule has 3 N–H and O–H groups in total. The van der Waals surface area contributed by atoms with E-state index in [4.69, 9.17) is 16.3 Å². The molecule has 0 saturated heterocycles. The van der Waals surface area contributed by atoms with Crippen LogP contribution in [0.15, 0.2) is 48.5 Å². The second-order valence-corrected chi connectivity index (χ2v) is 8.09. The lowest BCUT2D eigenvalue weighted by Crippen LogP contribution is -2.42. The maximum Gasteiger partial charge on any atom is 0.307 e. The summed E-state index contributed by atoms with van der Waals surface area (Å²) in [7, 11) is 1.56. The van der Waals surface area contributed by atoms with E-state index in [1.54, 1.807) is 25.3 Å². The van der Waals surface area contributed by atoms with Crippen molar-refractivity contribution in [2.75, 3.05) is 13.7 Å². The lowest BCUT2D eigenvalue weighted by molar-refractivity contribution is -0.143. The minimum absolute atomic E-state index is 0.263. The zero-order valence-corrected chi connectivity index (χ0v) is 17.3. The Kier molecular flexibility index (Phi) is 5.79. The van der Waals surface area contributed by atoms with Crippen molar-refractivity contribution in [3.8, 4) is 0 Å². The monoisotopic (exact) mass is 426 g/mol. The zero-order chi connectivity index (χ0) is 21.3. The van der Waals surface area contributed by atoms with E-state index >= 15 is 0 Å². The van der Waals surface area contributed by atoms with Gasteiger partial charge >= 0.3 is 5.97 Å². The quantitative estimate of drug-likeness (QED) is 0.532. The Bertz CT molecular complexity index is 1090. The molecule has 0 fully saturated rings. The number of methoxy groups -OCH3 is 1. The molecule has 1 aliphatic rings. The molecule has 2 aromatic carbocycles. The predicted octanol–water partition coefficient (Wildman–Crippen LogP) is 4.00. The minimum Gasteiger partial charge on any atom is -0.481 e. The molecule has 3 atom stereocenters. The second-order valence-electron chi connectivity index (χ2n) is 7.65. The molecule has 156 valence electrons. The van der Waals surface area contributed by atoms with Gasteiger partial charge in [-0.1, -0.05) is 35.9 Å². The molecule has 1 heterocycles. The van der Waals surface area contributed by atoms with E-state index in [9.17, 15) is 14.7 Å². The van der Waals surface area contributed by atoms with Gasteiger partial charge in [-0.05, 0) is 48.2 Å². The smallest absolute Gasteiger partial charge is 0.307 e. The van der Waals surface area contributed by atoms with Gasteiger partial charge in [-0.15, -0.1) is 0 Å². The Morgan fingerprint density at radius 1 is 1.27 bits per heavy atom. The Balaban J connectivity index is 1.62. The fourth-order valence-corrected chi connectivity index (χ4v) is 4.62. The topological polar surface area (TPSA) is 91.4 Å². The number of halogens is 1. The molecular weight excluding hydrogens is 404 g/mol. The number of hydrogen-bond donors (Lipinski definition) is 3. The van der Waals surface area contributed by atoms with Gasteiger partial charge in [-0.2, -0.15) is 0 Å². The van der Waals surface area contributed by atoms with Crippen molar-refractivity contribution in [3.63, 3.8) is 0 Å². The summed E-state index contributed by atoms with van der Waals surface area (Å²) in [6, 6.07) is 14.6. The van der Waals surface area contributed by atoms with E-state index in [-0.39, 0.29) is 17.9 Å². The lowest BCUT2D eigenvalue weighted by atomic mass is 9.82. The number of amides is 1. The maximum atomic E-state index is 13.0. The molecular formula is C23H23ClN2O4. The number of aromatic nitrogens is 1. The first-order valence-corrected chi connectivity index (χ1v) is 10.2. The van der Waals surface area contributed by atoms with Crippen LogP contribution in [0.25, 0.3) is 10.9 Å². The molecule has 3 aromatic rings. The number of carbonyl (C=O) groups is 2. The Morgan fingerprint density at radius 2 is 2.07 bits per heavy atom. The Morgan fingerprint density at radius 3 is 2.83 bits per heavy atom. The van der Waals surface area contributed by atoms with Gasteiger partial charge in [0.05, 0.1) is 5.92 Å². The van der Waals surface area contributed by atoms with Gasteiger partial charge in [-0.25, -0.2) is 0 Å². The third kappa shape index (κ3) is 3.93. The van der Waals surface area contributed by atoms with Gasteiger partial charge in [0.25, 0.3) is 5.91 Å². The van der Waals surface area contributed by atoms with Crippen LogP contribution in [-0.2, 0) is 16.0 Å². The van der Waals surface area contributed by atoms with Crippen molar-refractivity contribution in [1.29, 1.82) is 0 Å². The molecule has 7 heteroatoms. The number of carboxylic acids is 1. The molecule has 6 nitrogen and oxygen atoms in total. The van der Waals surface area contributed by atoms with Crippen molar-refractivity contribution in [2.24, 2.45) is 5.92 Å². The molecule has 0 radical (unpaired) electrons. The van der Waals surface area contributed by atoms with Gasteiger partial charge in [0.2, 0.25) is 0 Å². The highest BCUT2D eigenvalue weighted by atomic mass is 35.5. The molecule has 4 rings (SSSR count). The highest BCUT2D eigenvalue weighted by Crippen LogP contribution is 2.40. The average Bonchev–Trinajstić information content (AvgIpc) is 3.29. The molecule has 1 aromatic heterocycles. The number of aromatic amines is 1. The summed E-state index contributed by atoms with van der Waals surface area (Å²) in [6.45, 7) is 0.346. The van der Waals surface area contributed by atoms with Gasteiger partial charge in [0.1, 0.15) is 5.69 Å². The van der Waals surface area contributed by atoms with Crippen LogP contribution in [0, 0.1) is 5.92 Å². The maximum absolute atomic E-state index is 13.0. The molecule has 0 spiro atoms. The zero-order valence-electron chi connectivity index (χ0n) is 16.5. The molecule has 0 bridgehead atoms. The van der Waals surface area contributed by atoms with Crippen LogP contribution in [0.3, 0.4) is 0 Å². The van der Waals surface area contributed by atoms with E-state index in [1.165, 1.54) is 0 Å². The number of carboxylic acid groups (broad SMARTS) is 1. The van der Waals surface area contributed by atoms with Crippen molar-refractivity contribution in [3.05, 3.63) is 70.4 Å². The SMILES string of the molecule is COCC[C@@H](C(=O)O)[C@@H]1c2ccccc2C[C@H]1NC(=O)c1cc2cc(Cl)ccc2[nH]1. The number of benzene rings is 2. The number of rotatable bonds is 7. The number of fused-ring (bicyclic) bond motifs is 2. The van der Waals surface area contributed by atoms with E-state index in [1.807, 2.05) is 30.3 Å². The standard InChI is InChI=1S/C23H23ClN2O4/c1-30-9-8-17(23(28)29)21-16-5-3-2-4-13(16)11-19(21)26-22(27)20-12-14-10-15(24)6-7-18(14)25-20/h2-7,10,12,17,19,21,25H,8-9,11H2,1H3,(H,26,27)(H,28,29)/t17-,19-,21+/m1/s1. The number of ether oxygens (including phenoxy) is 1. The highest BCUT2D eigenvalue weighted by Gasteiger charge is 2.41. The molecule has 1 aliphatic carbocycles. The van der Waals surface area contributed by atoms with Crippen molar-refractivity contribution in [2.45, 2.75) is 24.8 Å². The van der Waals surface area contributed by atoms with E-state index in [0.717, 1.165) is 22.0 Å². The van der Waals surface area contributed by atoms with Gasteiger partial charge in [0.15, 0.2) is 0 Å². The highest BCUT2D eigenvalue weighted by molar-refractivity contribution is 6.31. The first-order chi connectivity index (χ1) is 14.5. The summed E-state index contributed by atoms with van der Waals surface area (Å²) in [5.74, 6) is -2.12.